The molecule has 2 aromatic rings. The second-order valence-corrected chi connectivity index (χ2v) is 8.71. The van der Waals surface area contributed by atoms with Crippen LogP contribution < -0.4 is 4.74 Å². The molecule has 0 radical (unpaired) electrons. The lowest BCUT2D eigenvalue weighted by Crippen LogP contribution is -2.29. The van der Waals surface area contributed by atoms with Crippen LogP contribution in [0.2, 0.25) is 0 Å². The molecule has 0 unspecified atom stereocenters. The highest BCUT2D eigenvalue weighted by Gasteiger charge is 2.34. The third-order valence-corrected chi connectivity index (χ3v) is 6.54. The highest BCUT2D eigenvalue weighted by atomic mass is 32.2. The molecule has 0 N–H and O–H groups in total. The van der Waals surface area contributed by atoms with Crippen molar-refractivity contribution in [2.45, 2.75) is 18.7 Å². The SMILES string of the molecule is CCN1C(=O)/C(=C/c2ccc(OC)cc2)SC1=NS(=O)(=O)c1ccc(C)cc1. The summed E-state index contributed by atoms with van der Waals surface area (Å²) in [7, 11) is -2.32. The number of ether oxygens (including phenoxy) is 1. The topological polar surface area (TPSA) is 76.0 Å². The number of amides is 1. The first-order valence-corrected chi connectivity index (χ1v) is 10.9. The van der Waals surface area contributed by atoms with Crippen molar-refractivity contribution in [3.8, 4) is 5.75 Å². The van der Waals surface area contributed by atoms with E-state index in [9.17, 15) is 13.2 Å². The van der Waals surface area contributed by atoms with Crippen molar-refractivity contribution in [2.75, 3.05) is 13.7 Å². The van der Waals surface area contributed by atoms with Gasteiger partial charge in [0, 0.05) is 6.54 Å². The molecule has 1 aliphatic rings. The van der Waals surface area contributed by atoms with Crippen LogP contribution in [0.4, 0.5) is 0 Å². The number of hydrogen-bond acceptors (Lipinski definition) is 5. The standard InChI is InChI=1S/C20H20N2O4S2/c1-4-22-19(23)18(13-15-7-9-16(26-3)10-8-15)27-20(22)21-28(24,25)17-11-5-14(2)6-12-17/h5-13H,4H2,1-3H3/b18-13-,21-20?. The third kappa shape index (κ3) is 4.28. The highest BCUT2D eigenvalue weighted by molar-refractivity contribution is 8.19. The second-order valence-electron chi connectivity index (χ2n) is 6.10. The molecule has 0 atom stereocenters. The van der Waals surface area contributed by atoms with Gasteiger partial charge in [-0.25, -0.2) is 0 Å². The van der Waals surface area contributed by atoms with E-state index in [4.69, 9.17) is 4.74 Å². The van der Waals surface area contributed by atoms with Crippen molar-refractivity contribution < 1.29 is 17.9 Å². The zero-order valence-electron chi connectivity index (χ0n) is 15.7. The second kappa shape index (κ2) is 8.20. The first-order valence-electron chi connectivity index (χ1n) is 8.61. The summed E-state index contributed by atoms with van der Waals surface area (Å²) in [5, 5.41) is 0.160. The van der Waals surface area contributed by atoms with Crippen LogP contribution in [-0.2, 0) is 14.8 Å². The summed E-state index contributed by atoms with van der Waals surface area (Å²) in [5.41, 5.74) is 1.77. The minimum absolute atomic E-state index is 0.0993. The van der Waals surface area contributed by atoms with Crippen LogP contribution in [-0.4, -0.2) is 38.0 Å². The molecule has 0 aliphatic carbocycles. The molecule has 3 rings (SSSR count). The Bertz CT molecular complexity index is 1040. The lowest BCUT2D eigenvalue weighted by atomic mass is 10.2. The van der Waals surface area contributed by atoms with Gasteiger partial charge in [-0.3, -0.25) is 9.69 Å². The third-order valence-electron chi connectivity index (χ3n) is 4.13. The molecule has 28 heavy (non-hydrogen) atoms. The molecule has 146 valence electrons. The fourth-order valence-corrected chi connectivity index (χ4v) is 4.82. The monoisotopic (exact) mass is 416 g/mol. The first kappa shape index (κ1) is 20.2. The number of sulfonamides is 1. The summed E-state index contributed by atoms with van der Waals surface area (Å²) in [6, 6.07) is 13.7. The van der Waals surface area contributed by atoms with E-state index in [2.05, 4.69) is 4.40 Å². The van der Waals surface area contributed by atoms with Gasteiger partial charge in [0.15, 0.2) is 5.17 Å². The Hall–Kier alpha value is -2.58. The van der Waals surface area contributed by atoms with Gasteiger partial charge in [0.25, 0.3) is 15.9 Å². The van der Waals surface area contributed by atoms with E-state index in [1.54, 1.807) is 44.4 Å². The smallest absolute Gasteiger partial charge is 0.284 e. The minimum Gasteiger partial charge on any atom is -0.497 e. The predicted molar refractivity (Wildman–Crippen MR) is 112 cm³/mol. The minimum atomic E-state index is -3.90. The summed E-state index contributed by atoms with van der Waals surface area (Å²) < 4.78 is 34.3. The van der Waals surface area contributed by atoms with Crippen LogP contribution in [0.3, 0.4) is 0 Å². The van der Waals surface area contributed by atoms with Gasteiger partial charge in [-0.1, -0.05) is 29.8 Å². The van der Waals surface area contributed by atoms with E-state index in [1.165, 1.54) is 17.0 Å². The number of hydrogen-bond donors (Lipinski definition) is 0. The molecular weight excluding hydrogens is 396 g/mol. The Labute approximate surface area is 169 Å². The molecular formula is C20H20N2O4S2. The van der Waals surface area contributed by atoms with Gasteiger partial charge in [0.1, 0.15) is 5.75 Å². The van der Waals surface area contributed by atoms with Gasteiger partial charge in [-0.05, 0) is 61.5 Å². The zero-order chi connectivity index (χ0) is 20.3. The van der Waals surface area contributed by atoms with Gasteiger partial charge >= 0.3 is 0 Å². The number of carbonyl (C=O) groups excluding carboxylic acids is 1. The van der Waals surface area contributed by atoms with E-state index < -0.39 is 10.0 Å². The molecule has 0 spiro atoms. The summed E-state index contributed by atoms with van der Waals surface area (Å²) in [6.07, 6.45) is 1.72. The van der Waals surface area contributed by atoms with Crippen molar-refractivity contribution in [3.63, 3.8) is 0 Å². The molecule has 1 fully saturated rings. The van der Waals surface area contributed by atoms with E-state index >= 15 is 0 Å². The molecule has 2 aromatic carbocycles. The zero-order valence-corrected chi connectivity index (χ0v) is 17.4. The number of thioether (sulfide) groups is 1. The summed E-state index contributed by atoms with van der Waals surface area (Å²) in [6.45, 7) is 3.99. The van der Waals surface area contributed by atoms with Gasteiger partial charge in [-0.15, -0.1) is 4.40 Å². The molecule has 0 saturated carbocycles. The average Bonchev–Trinajstić information content (AvgIpc) is 2.96. The predicted octanol–water partition coefficient (Wildman–Crippen LogP) is 3.68. The van der Waals surface area contributed by atoms with Gasteiger partial charge < -0.3 is 4.74 Å². The fraction of sp³-hybridized carbons (Fsp3) is 0.200. The van der Waals surface area contributed by atoms with Crippen molar-refractivity contribution in [2.24, 2.45) is 4.40 Å². The molecule has 1 heterocycles. The maximum Gasteiger partial charge on any atom is 0.284 e. The molecule has 6 nitrogen and oxygen atoms in total. The van der Waals surface area contributed by atoms with Crippen LogP contribution in [0.25, 0.3) is 6.08 Å². The van der Waals surface area contributed by atoms with E-state index in [0.29, 0.717) is 17.2 Å². The van der Waals surface area contributed by atoms with Gasteiger partial charge in [-0.2, -0.15) is 8.42 Å². The Balaban J connectivity index is 1.93. The number of amidine groups is 1. The molecule has 8 heteroatoms. The molecule has 1 amide bonds. The van der Waals surface area contributed by atoms with Crippen molar-refractivity contribution in [1.82, 2.24) is 4.90 Å². The number of methoxy groups -OCH3 is 1. The lowest BCUT2D eigenvalue weighted by Gasteiger charge is -2.12. The summed E-state index contributed by atoms with van der Waals surface area (Å²) >= 11 is 1.06. The number of benzene rings is 2. The maximum absolute atomic E-state index is 12.7. The number of aryl methyl sites for hydroxylation is 1. The molecule has 0 aromatic heterocycles. The van der Waals surface area contributed by atoms with E-state index in [-0.39, 0.29) is 16.0 Å². The normalized spacial score (nSPS) is 17.5. The average molecular weight is 417 g/mol. The fourth-order valence-electron chi connectivity index (χ4n) is 2.57. The quantitative estimate of drug-likeness (QED) is 0.695. The van der Waals surface area contributed by atoms with Gasteiger partial charge in [0.05, 0.1) is 16.9 Å². The van der Waals surface area contributed by atoms with Crippen LogP contribution in [0.5, 0.6) is 5.75 Å². The number of rotatable bonds is 5. The van der Waals surface area contributed by atoms with E-state index in [1.807, 2.05) is 19.1 Å². The van der Waals surface area contributed by atoms with Crippen LogP contribution in [0, 0.1) is 6.92 Å². The first-order chi connectivity index (χ1) is 13.3. The van der Waals surface area contributed by atoms with Crippen molar-refractivity contribution >= 4 is 38.9 Å². The number of likely N-dealkylation sites (N-methyl/N-ethyl adjacent to an activating group) is 1. The summed E-state index contributed by atoms with van der Waals surface area (Å²) in [4.78, 5) is 14.6. The van der Waals surface area contributed by atoms with E-state index in [0.717, 1.165) is 22.9 Å². The van der Waals surface area contributed by atoms with Crippen LogP contribution in [0.1, 0.15) is 18.1 Å². The van der Waals surface area contributed by atoms with Crippen molar-refractivity contribution in [1.29, 1.82) is 0 Å². The van der Waals surface area contributed by atoms with Crippen LogP contribution in [0.15, 0.2) is 62.7 Å². The Kier molecular flexibility index (Phi) is 5.90. The molecule has 0 bridgehead atoms. The van der Waals surface area contributed by atoms with Crippen LogP contribution >= 0.6 is 11.8 Å². The molecule has 1 saturated heterocycles. The van der Waals surface area contributed by atoms with Gasteiger partial charge in [0.2, 0.25) is 0 Å². The lowest BCUT2D eigenvalue weighted by molar-refractivity contribution is -0.122. The van der Waals surface area contributed by atoms with Crippen molar-refractivity contribution in [3.05, 3.63) is 64.6 Å². The Morgan fingerprint density at radius 1 is 1.11 bits per heavy atom. The largest absolute Gasteiger partial charge is 0.497 e. The highest BCUT2D eigenvalue weighted by Crippen LogP contribution is 2.33. The Morgan fingerprint density at radius 3 is 2.32 bits per heavy atom. The maximum atomic E-state index is 12.7. The number of nitrogens with zero attached hydrogens (tertiary/aromatic N) is 2. The number of carbonyl (C=O) groups is 1. The Morgan fingerprint density at radius 2 is 1.75 bits per heavy atom. The summed E-state index contributed by atoms with van der Waals surface area (Å²) in [5.74, 6) is 0.454. The molecule has 1 aliphatic heterocycles.